The molecule has 0 heterocycles. The SMILES string of the molecule is COc1cc(-c2ccc(N=Nc3c(O)c(S(=O)(=O)[O-])cc4cc(S(=O)(=O)O)ccc34)c(OC)c2)ccc1N=Nc1cc(S(=O)(=O)O)c(N)cc1N.OCCOCCN(CCOCCO)CCOCCO.[Na+]. The molecule has 5 aromatic carbocycles. The van der Waals surface area contributed by atoms with Gasteiger partial charge in [0.15, 0.2) is 5.75 Å². The third-order valence-corrected chi connectivity index (χ3v) is 12.2. The predicted octanol–water partition coefficient (Wildman–Crippen LogP) is 0.941. The second-order valence-electron chi connectivity index (χ2n) is 14.3. The Morgan fingerprint density at radius 1 is 0.577 bits per heavy atom. The number of anilines is 2. The van der Waals surface area contributed by atoms with Crippen LogP contribution in [0.25, 0.3) is 21.9 Å². The minimum absolute atomic E-state index is 0. The smallest absolute Gasteiger partial charge is 0.744 e. The molecule has 10 N–H and O–H groups in total. The number of nitrogens with two attached hydrogens (primary N) is 2. The summed E-state index contributed by atoms with van der Waals surface area (Å²) < 4.78 is 128. The summed E-state index contributed by atoms with van der Waals surface area (Å²) in [5.41, 5.74) is 12.2. The number of aliphatic hydroxyl groups excluding tert-OH is 3. The number of ether oxygens (including phenoxy) is 5. The number of aliphatic hydroxyl groups is 3. The minimum Gasteiger partial charge on any atom is -0.744 e. The molecule has 0 amide bonds. The molecule has 0 atom stereocenters. The van der Waals surface area contributed by atoms with Crippen molar-refractivity contribution in [1.82, 2.24) is 4.90 Å². The molecule has 0 saturated heterocycles. The first kappa shape index (κ1) is 60.3. The average Bonchev–Trinajstić information content (AvgIpc) is 3.31. The molecule has 0 aliphatic rings. The first-order chi connectivity index (χ1) is 33.2. The van der Waals surface area contributed by atoms with Gasteiger partial charge in [0, 0.05) is 25.0 Å². The van der Waals surface area contributed by atoms with Crippen LogP contribution in [-0.2, 0) is 44.6 Å². The first-order valence-corrected chi connectivity index (χ1v) is 24.8. The van der Waals surface area contributed by atoms with Crippen molar-refractivity contribution >= 4 is 75.3 Å². The van der Waals surface area contributed by atoms with Gasteiger partial charge in [0.2, 0.25) is 0 Å². The summed E-state index contributed by atoms with van der Waals surface area (Å²) in [6.07, 6.45) is 0. The number of azo groups is 2. The molecule has 5 aromatic rings. The number of phenolic OH excluding ortho intramolecular Hbond substituents is 1. The van der Waals surface area contributed by atoms with Crippen molar-refractivity contribution in [2.24, 2.45) is 20.5 Å². The van der Waals surface area contributed by atoms with Gasteiger partial charge in [-0.2, -0.15) is 16.8 Å². The van der Waals surface area contributed by atoms with Gasteiger partial charge in [-0.15, -0.1) is 20.5 Å². The maximum absolute atomic E-state index is 11.9. The summed E-state index contributed by atoms with van der Waals surface area (Å²) in [5, 5.41) is 52.5. The van der Waals surface area contributed by atoms with E-state index in [0.29, 0.717) is 50.8 Å². The fourth-order valence-electron chi connectivity index (χ4n) is 6.20. The fourth-order valence-corrected chi connectivity index (χ4v) is 7.94. The third-order valence-electron chi connectivity index (χ3n) is 9.61. The standard InChI is InChI=1S/C30H26N6O12S3.C12H27NO6.Na/c1-47-25-10-15(3-7-22(25)33-35-24-14-27(50(41,42)43)21(32)13-20(24)31)16-4-8-23(26(11-16)48-2)34-36-29-19-6-5-18(49(38,39)40)9-17(19)12-28(30(29)37)51(44,45)46;14-4-10-17-7-1-13(2-8-18-11-5-15)3-9-19-12-6-16;/h3-14,37H,31-32H2,1-2H3,(H,38,39,40)(H,41,42,43)(H,44,45,46);14-16H,1-12H2;/q;;+1/p-1. The Morgan fingerprint density at radius 3 is 1.49 bits per heavy atom. The van der Waals surface area contributed by atoms with Crippen molar-refractivity contribution in [3.8, 4) is 28.4 Å². The molecule has 5 rings (SSSR count). The number of nitrogen functional groups attached to an aromatic ring is 2. The number of rotatable bonds is 25. The summed E-state index contributed by atoms with van der Waals surface area (Å²) in [6, 6.07) is 15.4. The molecular formula is C42H52N7NaO18S3. The van der Waals surface area contributed by atoms with Gasteiger partial charge >= 0.3 is 29.6 Å². The van der Waals surface area contributed by atoms with E-state index in [2.05, 4.69) is 25.4 Å². The summed E-state index contributed by atoms with van der Waals surface area (Å²) in [4.78, 5) is -0.154. The van der Waals surface area contributed by atoms with Crippen molar-refractivity contribution in [1.29, 1.82) is 0 Å². The molecule has 71 heavy (non-hydrogen) atoms. The van der Waals surface area contributed by atoms with Crippen LogP contribution in [0.1, 0.15) is 0 Å². The van der Waals surface area contributed by atoms with E-state index in [0.717, 1.165) is 56.0 Å². The van der Waals surface area contributed by atoms with Crippen LogP contribution in [0.2, 0.25) is 0 Å². The van der Waals surface area contributed by atoms with Crippen molar-refractivity contribution in [2.45, 2.75) is 14.7 Å². The second-order valence-corrected chi connectivity index (χ2v) is 18.5. The van der Waals surface area contributed by atoms with Crippen LogP contribution < -0.4 is 50.5 Å². The number of aromatic hydroxyl groups is 1. The van der Waals surface area contributed by atoms with Crippen molar-refractivity contribution < 1.29 is 113 Å². The molecule has 0 fully saturated rings. The van der Waals surface area contributed by atoms with E-state index in [1.165, 1.54) is 20.3 Å². The second kappa shape index (κ2) is 28.3. The van der Waals surface area contributed by atoms with Crippen molar-refractivity contribution in [3.63, 3.8) is 0 Å². The van der Waals surface area contributed by atoms with Crippen LogP contribution in [0.15, 0.2) is 108 Å². The number of fused-ring (bicyclic) bond motifs is 1. The van der Waals surface area contributed by atoms with Crippen LogP contribution in [0, 0.1) is 0 Å². The molecule has 0 aromatic heterocycles. The van der Waals surface area contributed by atoms with Gasteiger partial charge < -0.3 is 60.1 Å². The van der Waals surface area contributed by atoms with E-state index in [4.69, 9.17) is 50.5 Å². The zero-order valence-corrected chi connectivity index (χ0v) is 43.1. The number of nitrogens with zero attached hydrogens (tertiary/aromatic N) is 5. The van der Waals surface area contributed by atoms with Crippen molar-refractivity contribution in [2.75, 3.05) is 105 Å². The van der Waals surface area contributed by atoms with E-state index in [9.17, 15) is 44.0 Å². The van der Waals surface area contributed by atoms with E-state index < -0.39 is 56.5 Å². The Bertz CT molecular complexity index is 2960. The molecule has 0 radical (unpaired) electrons. The average molecular weight is 1060 g/mol. The topological polar surface area (TPSA) is 398 Å². The Kier molecular flexibility index (Phi) is 24.0. The number of hydrogen-bond donors (Lipinski definition) is 8. The number of hydrogen-bond acceptors (Lipinski definition) is 23. The van der Waals surface area contributed by atoms with E-state index in [1.807, 2.05) is 0 Å². The van der Waals surface area contributed by atoms with Gasteiger partial charge in [0.25, 0.3) is 20.2 Å². The molecular weight excluding hydrogens is 1010 g/mol. The Balaban J connectivity index is 0.000000565. The van der Waals surface area contributed by atoms with E-state index in [-0.39, 0.29) is 100 Å². The van der Waals surface area contributed by atoms with Crippen molar-refractivity contribution in [3.05, 3.63) is 72.8 Å². The minimum atomic E-state index is -5.27. The largest absolute Gasteiger partial charge is 1.00 e. The van der Waals surface area contributed by atoms with Crippen LogP contribution in [0.3, 0.4) is 0 Å². The molecule has 0 bridgehead atoms. The molecule has 0 saturated carbocycles. The van der Waals surface area contributed by atoms with Gasteiger partial charge in [-0.3, -0.25) is 14.0 Å². The molecule has 0 spiro atoms. The van der Waals surface area contributed by atoms with E-state index >= 15 is 0 Å². The van der Waals surface area contributed by atoms with Gasteiger partial charge in [0.05, 0.1) is 94.8 Å². The molecule has 25 nitrogen and oxygen atoms in total. The molecule has 0 aliphatic carbocycles. The molecule has 0 unspecified atom stereocenters. The maximum atomic E-state index is 11.9. The predicted molar refractivity (Wildman–Crippen MR) is 252 cm³/mol. The summed E-state index contributed by atoms with van der Waals surface area (Å²) >= 11 is 0. The quantitative estimate of drug-likeness (QED) is 0.0133. The normalized spacial score (nSPS) is 12.1. The Hall–Kier alpha value is -4.99. The summed E-state index contributed by atoms with van der Waals surface area (Å²) in [5.74, 6) is -0.619. The van der Waals surface area contributed by atoms with Crippen LogP contribution in [0.5, 0.6) is 17.2 Å². The van der Waals surface area contributed by atoms with Crippen LogP contribution in [0.4, 0.5) is 34.1 Å². The molecule has 382 valence electrons. The number of benzene rings is 5. The zero-order valence-electron chi connectivity index (χ0n) is 38.6. The van der Waals surface area contributed by atoms with E-state index in [1.54, 1.807) is 30.3 Å². The zero-order chi connectivity index (χ0) is 51.6. The van der Waals surface area contributed by atoms with Gasteiger partial charge in [-0.05, 0) is 71.1 Å². The van der Waals surface area contributed by atoms with Gasteiger partial charge in [0.1, 0.15) is 49.3 Å². The number of phenols is 1. The Labute approximate surface area is 431 Å². The van der Waals surface area contributed by atoms with Crippen LogP contribution >= 0.6 is 0 Å². The number of methoxy groups -OCH3 is 2. The maximum Gasteiger partial charge on any atom is 1.00 e. The fraction of sp³-hybridized carbons (Fsp3) is 0.333. The molecule has 0 aliphatic heterocycles. The summed E-state index contributed by atoms with van der Waals surface area (Å²) in [6.45, 7) is 4.92. The first-order valence-electron chi connectivity index (χ1n) is 20.5. The van der Waals surface area contributed by atoms with Crippen LogP contribution in [-0.4, -0.2) is 158 Å². The summed E-state index contributed by atoms with van der Waals surface area (Å²) in [7, 11) is -11.9. The molecule has 29 heteroatoms. The third kappa shape index (κ3) is 17.9. The monoisotopic (exact) mass is 1060 g/mol. The Morgan fingerprint density at radius 2 is 1.06 bits per heavy atom. The van der Waals surface area contributed by atoms with Gasteiger partial charge in [-0.25, -0.2) is 8.42 Å². The van der Waals surface area contributed by atoms with Gasteiger partial charge in [-0.1, -0.05) is 18.2 Å².